The summed E-state index contributed by atoms with van der Waals surface area (Å²) >= 11 is 0. The number of rotatable bonds is 3. The van der Waals surface area contributed by atoms with Crippen LogP contribution in [0.2, 0.25) is 0 Å². The zero-order valence-electron chi connectivity index (χ0n) is 8.25. The summed E-state index contributed by atoms with van der Waals surface area (Å²) in [5, 5.41) is 19.4. The van der Waals surface area contributed by atoms with Crippen LogP contribution in [0.25, 0.3) is 0 Å². The van der Waals surface area contributed by atoms with E-state index in [2.05, 4.69) is 0 Å². The number of benzene rings is 1. The largest absolute Gasteiger partial charge is 0.326 e. The summed E-state index contributed by atoms with van der Waals surface area (Å²) in [5.74, 6) is 0. The molecule has 0 aromatic heterocycles. The Morgan fingerprint density at radius 3 is 2.47 bits per heavy atom. The molecular weight excluding hydrogens is 270 g/mol. The second-order valence-corrected chi connectivity index (χ2v) is 5.52. The molecule has 0 fully saturated rings. The third kappa shape index (κ3) is 2.71. The van der Waals surface area contributed by atoms with Crippen LogP contribution >= 0.6 is 10.7 Å². The summed E-state index contributed by atoms with van der Waals surface area (Å²) < 4.78 is 22.5. The average molecular weight is 276 g/mol. The summed E-state index contributed by atoms with van der Waals surface area (Å²) in [6.07, 6.45) is 0. The first-order valence-corrected chi connectivity index (χ1v) is 6.48. The summed E-state index contributed by atoms with van der Waals surface area (Å²) in [6, 6.07) is 3.38. The van der Waals surface area contributed by atoms with Crippen molar-refractivity contribution < 1.29 is 13.3 Å². The highest BCUT2D eigenvalue weighted by atomic mass is 35.7. The van der Waals surface area contributed by atoms with Crippen molar-refractivity contribution in [1.82, 2.24) is 0 Å². The lowest BCUT2D eigenvalue weighted by atomic mass is 10.1. The van der Waals surface area contributed by atoms with Gasteiger partial charge in [-0.1, -0.05) is 0 Å². The van der Waals surface area contributed by atoms with Crippen LogP contribution in [0.15, 0.2) is 17.0 Å². The van der Waals surface area contributed by atoms with Gasteiger partial charge in [-0.05, 0) is 0 Å². The predicted octanol–water partition coefficient (Wildman–Crippen LogP) is 0.853. The molecule has 2 N–H and O–H groups in total. The molecule has 0 aliphatic carbocycles. The van der Waals surface area contributed by atoms with Crippen molar-refractivity contribution in [3.63, 3.8) is 0 Å². The monoisotopic (exact) mass is 275 g/mol. The van der Waals surface area contributed by atoms with E-state index in [0.29, 0.717) is 0 Å². The molecule has 0 radical (unpaired) electrons. The molecule has 9 heteroatoms. The maximum absolute atomic E-state index is 11.2. The fraction of sp³-hybridized carbons (Fsp3) is 0.125. The molecule has 0 aliphatic rings. The van der Waals surface area contributed by atoms with Gasteiger partial charge in [-0.15, -0.1) is 0 Å². The van der Waals surface area contributed by atoms with Gasteiger partial charge in [0.1, 0.15) is 0 Å². The lowest BCUT2D eigenvalue weighted by Crippen LogP contribution is -2.07. The van der Waals surface area contributed by atoms with Crippen molar-refractivity contribution in [2.24, 2.45) is 5.73 Å². The average Bonchev–Trinajstić information content (AvgIpc) is 2.25. The highest BCUT2D eigenvalue weighted by Crippen LogP contribution is 2.28. The molecule has 90 valence electrons. The number of nitro groups is 1. The number of nitrogens with two attached hydrogens (primary N) is 1. The smallest absolute Gasteiger partial charge is 0.272 e. The van der Waals surface area contributed by atoms with E-state index in [1.54, 1.807) is 6.07 Å². The number of nitro benzene ring substituents is 1. The van der Waals surface area contributed by atoms with E-state index in [9.17, 15) is 18.5 Å². The molecule has 0 bridgehead atoms. The van der Waals surface area contributed by atoms with Crippen molar-refractivity contribution in [3.05, 3.63) is 33.4 Å². The Morgan fingerprint density at radius 1 is 1.53 bits per heavy atom. The fourth-order valence-corrected chi connectivity index (χ4v) is 2.43. The van der Waals surface area contributed by atoms with E-state index in [1.807, 2.05) is 0 Å². The normalized spacial score (nSPS) is 10.9. The van der Waals surface area contributed by atoms with Crippen molar-refractivity contribution in [3.8, 4) is 6.07 Å². The Kier molecular flexibility index (Phi) is 3.67. The molecule has 1 rings (SSSR count). The van der Waals surface area contributed by atoms with Gasteiger partial charge in [0.2, 0.25) is 0 Å². The molecule has 17 heavy (non-hydrogen) atoms. The SMILES string of the molecule is N#Cc1cc([N+](=O)[O-])cc(S(=O)(=O)Cl)c1CN. The molecule has 7 nitrogen and oxygen atoms in total. The first-order valence-electron chi connectivity index (χ1n) is 4.17. The number of halogens is 1. The molecule has 0 amide bonds. The Hall–Kier alpha value is -1.69. The Labute approximate surface area is 101 Å². The van der Waals surface area contributed by atoms with Gasteiger partial charge < -0.3 is 5.73 Å². The maximum atomic E-state index is 11.2. The first-order chi connectivity index (χ1) is 7.81. The van der Waals surface area contributed by atoms with Crippen LogP contribution in [0.1, 0.15) is 11.1 Å². The van der Waals surface area contributed by atoms with E-state index in [4.69, 9.17) is 21.7 Å². The van der Waals surface area contributed by atoms with E-state index in [1.165, 1.54) is 0 Å². The van der Waals surface area contributed by atoms with E-state index in [0.717, 1.165) is 12.1 Å². The standard InChI is InChI=1S/C8H6ClN3O4S/c9-17(15,16)8-2-6(12(13)14)1-5(3-10)7(8)4-11/h1-2H,4,11H2. The zero-order valence-corrected chi connectivity index (χ0v) is 9.83. The first kappa shape index (κ1) is 13.4. The molecule has 1 aromatic carbocycles. The van der Waals surface area contributed by atoms with Crippen molar-refractivity contribution >= 4 is 25.4 Å². The summed E-state index contributed by atoms with van der Waals surface area (Å²) in [7, 11) is 0.935. The molecule has 0 unspecified atom stereocenters. The topological polar surface area (TPSA) is 127 Å². The van der Waals surface area contributed by atoms with Crippen LogP contribution in [0, 0.1) is 21.4 Å². The van der Waals surface area contributed by atoms with Crippen molar-refractivity contribution in [2.45, 2.75) is 11.4 Å². The predicted molar refractivity (Wildman–Crippen MR) is 58.7 cm³/mol. The van der Waals surface area contributed by atoms with Crippen LogP contribution in [-0.4, -0.2) is 13.3 Å². The second kappa shape index (κ2) is 4.67. The van der Waals surface area contributed by atoms with Gasteiger partial charge in [0.05, 0.1) is 21.5 Å². The van der Waals surface area contributed by atoms with Crippen molar-refractivity contribution in [1.29, 1.82) is 5.26 Å². The van der Waals surface area contributed by atoms with Crippen molar-refractivity contribution in [2.75, 3.05) is 0 Å². The lowest BCUT2D eigenvalue weighted by molar-refractivity contribution is -0.385. The Bertz CT molecular complexity index is 620. The van der Waals surface area contributed by atoms with Crippen LogP contribution < -0.4 is 5.73 Å². The van der Waals surface area contributed by atoms with E-state index < -0.39 is 24.6 Å². The lowest BCUT2D eigenvalue weighted by Gasteiger charge is -2.06. The number of nitriles is 1. The van der Waals surface area contributed by atoms with Crippen LogP contribution in [0.3, 0.4) is 0 Å². The highest BCUT2D eigenvalue weighted by Gasteiger charge is 2.23. The molecule has 0 heterocycles. The molecule has 0 atom stereocenters. The van der Waals surface area contributed by atoms with E-state index >= 15 is 0 Å². The summed E-state index contributed by atoms with van der Waals surface area (Å²) in [5.41, 5.74) is 4.56. The number of hydrogen-bond acceptors (Lipinski definition) is 6. The quantitative estimate of drug-likeness (QED) is 0.495. The highest BCUT2D eigenvalue weighted by molar-refractivity contribution is 8.13. The zero-order chi connectivity index (χ0) is 13.2. The maximum Gasteiger partial charge on any atom is 0.272 e. The van der Waals surface area contributed by atoms with Gasteiger partial charge in [-0.25, -0.2) is 8.42 Å². The minimum atomic E-state index is -4.20. The third-order valence-electron chi connectivity index (χ3n) is 1.99. The minimum Gasteiger partial charge on any atom is -0.326 e. The molecule has 0 aliphatic heterocycles. The van der Waals surface area contributed by atoms with Crippen LogP contribution in [0.4, 0.5) is 5.69 Å². The fourth-order valence-electron chi connectivity index (χ4n) is 1.26. The minimum absolute atomic E-state index is 0.0342. The summed E-state index contributed by atoms with van der Waals surface area (Å²) in [4.78, 5) is 9.26. The van der Waals surface area contributed by atoms with Gasteiger partial charge in [0.15, 0.2) is 0 Å². The van der Waals surface area contributed by atoms with Gasteiger partial charge in [0, 0.05) is 34.9 Å². The Balaban J connectivity index is 3.74. The number of non-ortho nitro benzene ring substituents is 1. The molecule has 1 aromatic rings. The second-order valence-electron chi connectivity index (χ2n) is 2.98. The van der Waals surface area contributed by atoms with Gasteiger partial charge in [-0.3, -0.25) is 10.1 Å². The Morgan fingerprint density at radius 2 is 2.12 bits per heavy atom. The van der Waals surface area contributed by atoms with Gasteiger partial charge >= 0.3 is 0 Å². The number of hydrogen-bond donors (Lipinski definition) is 1. The molecule has 0 spiro atoms. The summed E-state index contributed by atoms with van der Waals surface area (Å²) in [6.45, 7) is -0.262. The molecule has 0 saturated carbocycles. The molecular formula is C8H6ClN3O4S. The van der Waals surface area contributed by atoms with E-state index in [-0.39, 0.29) is 17.7 Å². The number of nitrogens with zero attached hydrogens (tertiary/aromatic N) is 2. The van der Waals surface area contributed by atoms with Crippen LogP contribution in [0.5, 0.6) is 0 Å². The van der Waals surface area contributed by atoms with Gasteiger partial charge in [0.25, 0.3) is 14.7 Å². The van der Waals surface area contributed by atoms with Crippen LogP contribution in [-0.2, 0) is 15.6 Å². The van der Waals surface area contributed by atoms with Gasteiger partial charge in [-0.2, -0.15) is 5.26 Å². The molecule has 0 saturated heterocycles. The third-order valence-corrected chi connectivity index (χ3v) is 3.38.